The van der Waals surface area contributed by atoms with Gasteiger partial charge in [0.25, 0.3) is 5.66 Å². The second-order valence-corrected chi connectivity index (χ2v) is 5.21. The number of nitrogens with one attached hydrogen (secondary N) is 1. The Morgan fingerprint density at radius 3 is 2.73 bits per heavy atom. The number of aliphatic imine (C=N–C) groups is 1. The topological polar surface area (TPSA) is 83.8 Å². The van der Waals surface area contributed by atoms with Crippen LogP contribution in [0, 0.1) is 0 Å². The first-order valence-electron chi connectivity index (χ1n) is 6.15. The lowest BCUT2D eigenvalue weighted by Crippen LogP contribution is -2.51. The molecular formula is C12H12F3N3O3S. The molecule has 1 aromatic heterocycles. The number of hydrogen-bond acceptors (Lipinski definition) is 7. The molecule has 2 rings (SSSR count). The van der Waals surface area contributed by atoms with Crippen molar-refractivity contribution in [1.29, 1.82) is 0 Å². The zero-order chi connectivity index (χ0) is 16.5. The first-order chi connectivity index (χ1) is 10.2. The summed E-state index contributed by atoms with van der Waals surface area (Å²) < 4.78 is 45.2. The molecule has 0 saturated carbocycles. The highest BCUT2D eigenvalue weighted by Crippen LogP contribution is 2.44. The average molecular weight is 335 g/mol. The lowest BCUT2D eigenvalue weighted by Gasteiger charge is -2.29. The number of halogens is 3. The third-order valence-corrected chi connectivity index (χ3v) is 3.58. The number of rotatable bonds is 4. The Morgan fingerprint density at radius 1 is 1.55 bits per heavy atom. The van der Waals surface area contributed by atoms with E-state index in [2.05, 4.69) is 20.0 Å². The van der Waals surface area contributed by atoms with Crippen molar-refractivity contribution in [3.63, 3.8) is 0 Å². The van der Waals surface area contributed by atoms with Crippen molar-refractivity contribution in [1.82, 2.24) is 4.98 Å². The van der Waals surface area contributed by atoms with Crippen LogP contribution < -0.4 is 5.32 Å². The molecule has 2 heterocycles. The normalized spacial score (nSPS) is 21.8. The standard InChI is InChI=1S/C12H12F3N3O3S/c1-3-21-9(20)7-6(2)17-11(8(7)19,12(13,14)15)18-10-16-4-5-22-10/h4-5,19H,3H2,1-2H3,(H,16,18)/t11-/m0/s1. The fourth-order valence-electron chi connectivity index (χ4n) is 1.96. The summed E-state index contributed by atoms with van der Waals surface area (Å²) in [7, 11) is 0. The molecule has 0 spiro atoms. The Kier molecular flexibility index (Phi) is 4.14. The van der Waals surface area contributed by atoms with E-state index in [0.29, 0.717) is 0 Å². The van der Waals surface area contributed by atoms with Gasteiger partial charge in [0.15, 0.2) is 10.9 Å². The largest absolute Gasteiger partial charge is 0.507 e. The maximum atomic E-state index is 13.5. The van der Waals surface area contributed by atoms with Gasteiger partial charge < -0.3 is 15.2 Å². The predicted molar refractivity (Wildman–Crippen MR) is 73.9 cm³/mol. The van der Waals surface area contributed by atoms with Gasteiger partial charge in [-0.05, 0) is 13.8 Å². The van der Waals surface area contributed by atoms with Crippen LogP contribution in [0.25, 0.3) is 0 Å². The number of aromatic nitrogens is 1. The smallest absolute Gasteiger partial charge is 0.440 e. The number of nitrogens with zero attached hydrogens (tertiary/aromatic N) is 2. The van der Waals surface area contributed by atoms with Crippen molar-refractivity contribution < 1.29 is 27.8 Å². The maximum absolute atomic E-state index is 13.5. The first kappa shape index (κ1) is 16.3. The molecule has 0 unspecified atom stereocenters. The van der Waals surface area contributed by atoms with Gasteiger partial charge in [0.05, 0.1) is 12.3 Å². The summed E-state index contributed by atoms with van der Waals surface area (Å²) in [6.45, 7) is 2.66. The van der Waals surface area contributed by atoms with E-state index in [1.165, 1.54) is 25.4 Å². The summed E-state index contributed by atoms with van der Waals surface area (Å²) in [5.74, 6) is -2.31. The number of esters is 1. The molecule has 0 radical (unpaired) electrons. The Morgan fingerprint density at radius 2 is 2.23 bits per heavy atom. The van der Waals surface area contributed by atoms with Gasteiger partial charge in [-0.2, -0.15) is 13.2 Å². The van der Waals surface area contributed by atoms with Crippen molar-refractivity contribution in [2.24, 2.45) is 4.99 Å². The third kappa shape index (κ3) is 2.54. The number of ether oxygens (including phenoxy) is 1. The van der Waals surface area contributed by atoms with E-state index in [-0.39, 0.29) is 17.5 Å². The third-order valence-electron chi connectivity index (χ3n) is 2.89. The van der Waals surface area contributed by atoms with Crippen molar-refractivity contribution in [2.45, 2.75) is 25.7 Å². The van der Waals surface area contributed by atoms with Crippen molar-refractivity contribution in [3.8, 4) is 0 Å². The molecule has 0 aliphatic carbocycles. The van der Waals surface area contributed by atoms with Gasteiger partial charge in [-0.1, -0.05) is 0 Å². The van der Waals surface area contributed by atoms with Crippen molar-refractivity contribution in [2.75, 3.05) is 11.9 Å². The van der Waals surface area contributed by atoms with Gasteiger partial charge in [0.1, 0.15) is 5.57 Å². The Balaban J connectivity index is 2.54. The second-order valence-electron chi connectivity index (χ2n) is 4.31. The van der Waals surface area contributed by atoms with E-state index in [1.54, 1.807) is 0 Å². The molecule has 22 heavy (non-hydrogen) atoms. The van der Waals surface area contributed by atoms with Crippen LogP contribution in [-0.4, -0.2) is 40.2 Å². The number of aliphatic hydroxyl groups is 1. The minimum atomic E-state index is -4.99. The molecule has 6 nitrogen and oxygen atoms in total. The Hall–Kier alpha value is -2.10. The minimum Gasteiger partial charge on any atom is -0.507 e. The summed E-state index contributed by atoms with van der Waals surface area (Å²) in [6.07, 6.45) is -3.69. The average Bonchev–Trinajstić information content (AvgIpc) is 2.97. The molecule has 1 aliphatic rings. The van der Waals surface area contributed by atoms with Crippen molar-refractivity contribution in [3.05, 3.63) is 22.9 Å². The second kappa shape index (κ2) is 5.59. The number of carbonyl (C=O) groups excluding carboxylic acids is 1. The molecule has 0 amide bonds. The van der Waals surface area contributed by atoms with Gasteiger partial charge in [-0.15, -0.1) is 11.3 Å². The minimum absolute atomic E-state index is 0.0399. The molecule has 0 saturated heterocycles. The van der Waals surface area contributed by atoms with Crippen LogP contribution >= 0.6 is 11.3 Å². The number of thiazole rings is 1. The highest BCUT2D eigenvalue weighted by Gasteiger charge is 2.63. The molecule has 2 N–H and O–H groups in total. The number of hydrogen-bond donors (Lipinski definition) is 2. The molecule has 0 aromatic carbocycles. The van der Waals surface area contributed by atoms with Gasteiger partial charge >= 0.3 is 12.1 Å². The van der Waals surface area contributed by atoms with Gasteiger partial charge in [-0.3, -0.25) is 0 Å². The molecule has 10 heteroatoms. The van der Waals surface area contributed by atoms with Crippen LogP contribution in [0.5, 0.6) is 0 Å². The molecular weight excluding hydrogens is 323 g/mol. The number of alkyl halides is 3. The lowest BCUT2D eigenvalue weighted by atomic mass is 10.1. The first-order valence-corrected chi connectivity index (χ1v) is 7.03. The van der Waals surface area contributed by atoms with Crippen LogP contribution in [0.4, 0.5) is 18.3 Å². The predicted octanol–water partition coefficient (Wildman–Crippen LogP) is 2.66. The van der Waals surface area contributed by atoms with E-state index in [4.69, 9.17) is 0 Å². The number of carbonyl (C=O) groups is 1. The van der Waals surface area contributed by atoms with Crippen LogP contribution in [0.1, 0.15) is 13.8 Å². The fourth-order valence-corrected chi connectivity index (χ4v) is 2.53. The Bertz CT molecular complexity index is 640. The van der Waals surface area contributed by atoms with E-state index in [1.807, 2.05) is 0 Å². The molecule has 0 fully saturated rings. The monoisotopic (exact) mass is 335 g/mol. The fraction of sp³-hybridized carbons (Fsp3) is 0.417. The van der Waals surface area contributed by atoms with E-state index < -0.39 is 29.1 Å². The van der Waals surface area contributed by atoms with Gasteiger partial charge in [0.2, 0.25) is 0 Å². The zero-order valence-corrected chi connectivity index (χ0v) is 12.4. The van der Waals surface area contributed by atoms with Gasteiger partial charge in [-0.25, -0.2) is 14.8 Å². The highest BCUT2D eigenvalue weighted by atomic mass is 32.1. The van der Waals surface area contributed by atoms with Crippen molar-refractivity contribution >= 4 is 28.1 Å². The van der Waals surface area contributed by atoms with Crippen LogP contribution in [0.15, 0.2) is 27.9 Å². The van der Waals surface area contributed by atoms with Crippen LogP contribution in [0.3, 0.4) is 0 Å². The molecule has 120 valence electrons. The highest BCUT2D eigenvalue weighted by molar-refractivity contribution is 7.13. The lowest BCUT2D eigenvalue weighted by molar-refractivity contribution is -0.172. The zero-order valence-electron chi connectivity index (χ0n) is 11.6. The Labute approximate surface area is 127 Å². The van der Waals surface area contributed by atoms with E-state index in [9.17, 15) is 23.1 Å². The summed E-state index contributed by atoms with van der Waals surface area (Å²) in [4.78, 5) is 18.9. The molecule has 1 atom stereocenters. The van der Waals surface area contributed by atoms with Crippen LogP contribution in [0.2, 0.25) is 0 Å². The summed E-state index contributed by atoms with van der Waals surface area (Å²) in [6, 6.07) is 0. The summed E-state index contributed by atoms with van der Waals surface area (Å²) >= 11 is 0.906. The maximum Gasteiger partial charge on any atom is 0.440 e. The molecule has 1 aliphatic heterocycles. The molecule has 0 bridgehead atoms. The molecule has 1 aromatic rings. The number of aliphatic hydroxyl groups excluding tert-OH is 1. The van der Waals surface area contributed by atoms with E-state index in [0.717, 1.165) is 11.3 Å². The van der Waals surface area contributed by atoms with Crippen LogP contribution in [-0.2, 0) is 9.53 Å². The number of anilines is 1. The van der Waals surface area contributed by atoms with Gasteiger partial charge in [0, 0.05) is 11.6 Å². The SMILES string of the molecule is CCOC(=O)C1=C(O)[C@](Nc2nccs2)(C(F)(F)F)N=C1C. The summed E-state index contributed by atoms with van der Waals surface area (Å²) in [5, 5.41) is 13.5. The quantitative estimate of drug-likeness (QED) is 0.827. The summed E-state index contributed by atoms with van der Waals surface area (Å²) in [5.41, 5.74) is -4.00. The van der Waals surface area contributed by atoms with E-state index >= 15 is 0 Å².